The number of ether oxygens (including phenoxy) is 1. The minimum atomic E-state index is -7.43. The van der Waals surface area contributed by atoms with Gasteiger partial charge in [-0.2, -0.15) is 39.5 Å². The molecule has 0 unspecified atom stereocenters. The van der Waals surface area contributed by atoms with Gasteiger partial charge in [-0.15, -0.1) is 0 Å². The van der Waals surface area contributed by atoms with Crippen molar-refractivity contribution in [1.29, 1.82) is 0 Å². The molecule has 0 aliphatic carbocycles. The molecule has 2 aromatic rings. The van der Waals surface area contributed by atoms with Crippen molar-refractivity contribution < 1.29 is 57.2 Å². The van der Waals surface area contributed by atoms with E-state index in [0.717, 1.165) is 18.8 Å². The third-order valence-electron chi connectivity index (χ3n) is 5.59. The molecule has 0 N–H and O–H groups in total. The van der Waals surface area contributed by atoms with Crippen LogP contribution in [0.1, 0.15) is 39.0 Å². The Kier molecular flexibility index (Phi) is 10.3. The van der Waals surface area contributed by atoms with Gasteiger partial charge in [-0.3, -0.25) is 0 Å². The molecule has 0 radical (unpaired) electrons. The van der Waals surface area contributed by atoms with Crippen LogP contribution in [-0.4, -0.2) is 54.4 Å². The first-order valence-corrected chi connectivity index (χ1v) is 14.3. The van der Waals surface area contributed by atoms with Crippen LogP contribution in [0.4, 0.5) is 39.5 Å². The van der Waals surface area contributed by atoms with E-state index in [9.17, 15) is 52.5 Å². The number of rotatable bonds is 9. The summed E-state index contributed by atoms with van der Waals surface area (Å²) in [4.78, 5) is 1.55. The highest BCUT2D eigenvalue weighted by atomic mass is 32.2. The zero-order valence-electron chi connectivity index (χ0n) is 20.0. The molecule has 4 nitrogen and oxygen atoms in total. The van der Waals surface area contributed by atoms with Gasteiger partial charge in [0.2, 0.25) is 0 Å². The molecule has 1 aliphatic heterocycles. The van der Waals surface area contributed by atoms with Gasteiger partial charge < -0.3 is 9.29 Å². The van der Waals surface area contributed by atoms with Crippen molar-refractivity contribution in [1.82, 2.24) is 0 Å². The van der Waals surface area contributed by atoms with Crippen LogP contribution in [0.25, 0.3) is 10.8 Å². The molecule has 38 heavy (non-hydrogen) atoms. The molecule has 0 amide bonds. The van der Waals surface area contributed by atoms with E-state index in [1.807, 2.05) is 0 Å². The minimum absolute atomic E-state index is 0.509. The van der Waals surface area contributed by atoms with Crippen LogP contribution in [0.3, 0.4) is 0 Å². The zero-order chi connectivity index (χ0) is 29.0. The first-order valence-electron chi connectivity index (χ1n) is 11.4. The van der Waals surface area contributed by atoms with Crippen LogP contribution < -0.4 is 4.74 Å². The van der Waals surface area contributed by atoms with Crippen molar-refractivity contribution in [3.05, 3.63) is 36.4 Å². The largest absolute Gasteiger partial charge is 0.743 e. The fourth-order valence-electron chi connectivity index (χ4n) is 3.42. The summed E-state index contributed by atoms with van der Waals surface area (Å²) in [6, 6.07) is 13.5. The van der Waals surface area contributed by atoms with E-state index >= 15 is 0 Å². The standard InChI is InChI=1S/C19H25OS.C4HF9O3S/c1-2-3-4-11-20-18-9-7-17-15-19(10-8-16(17)14-18)21-12-5-6-13-21;5-1(6,3(9,10)11)2(7,8)4(12,13)17(14,15)16/h7-10,14-15H,2-6,11-13H2,1H3;(H,14,15,16)/q+1;/p-1. The summed E-state index contributed by atoms with van der Waals surface area (Å²) in [6.07, 6.45) is -0.705. The van der Waals surface area contributed by atoms with Crippen molar-refractivity contribution in [2.75, 3.05) is 18.1 Å². The van der Waals surface area contributed by atoms with E-state index in [0.29, 0.717) is 10.9 Å². The average Bonchev–Trinajstić information content (AvgIpc) is 3.35. The number of fused-ring (bicyclic) bond motifs is 1. The number of benzene rings is 2. The molecule has 2 aromatic carbocycles. The van der Waals surface area contributed by atoms with Crippen LogP contribution in [0, 0.1) is 0 Å². The number of hydrogen-bond acceptors (Lipinski definition) is 4. The molecule has 1 aliphatic rings. The smallest absolute Gasteiger partial charge is 0.460 e. The molecule has 1 saturated heterocycles. The maximum Gasteiger partial charge on any atom is 0.460 e. The number of hydrogen-bond donors (Lipinski definition) is 0. The highest BCUT2D eigenvalue weighted by Gasteiger charge is 2.83. The second-order valence-corrected chi connectivity index (χ2v) is 12.1. The van der Waals surface area contributed by atoms with Gasteiger partial charge in [0.1, 0.15) is 17.3 Å². The Morgan fingerprint density at radius 3 is 1.92 bits per heavy atom. The molecule has 0 aromatic heterocycles. The van der Waals surface area contributed by atoms with Crippen molar-refractivity contribution in [3.63, 3.8) is 0 Å². The summed E-state index contributed by atoms with van der Waals surface area (Å²) in [5.74, 6) is -11.0. The third kappa shape index (κ3) is 7.00. The lowest BCUT2D eigenvalue weighted by Gasteiger charge is -2.34. The quantitative estimate of drug-likeness (QED) is 0.133. The molecule has 0 atom stereocenters. The fraction of sp³-hybridized carbons (Fsp3) is 0.565. The fourth-order valence-corrected chi connectivity index (χ4v) is 6.20. The van der Waals surface area contributed by atoms with E-state index in [2.05, 4.69) is 43.3 Å². The molecular weight excluding hydrogens is 575 g/mol. The molecule has 15 heteroatoms. The summed E-state index contributed by atoms with van der Waals surface area (Å²) in [6.45, 7) is 3.06. The van der Waals surface area contributed by atoms with Gasteiger partial charge in [0.25, 0.3) is 0 Å². The Morgan fingerprint density at radius 2 is 1.39 bits per heavy atom. The molecule has 0 spiro atoms. The molecular formula is C23H25F9O4S2. The molecule has 216 valence electrons. The van der Waals surface area contributed by atoms with E-state index < -0.39 is 33.4 Å². The molecule has 3 rings (SSSR count). The van der Waals surface area contributed by atoms with Crippen molar-refractivity contribution in [2.45, 2.75) is 67.2 Å². The van der Waals surface area contributed by atoms with Gasteiger partial charge in [-0.1, -0.05) is 25.8 Å². The molecule has 0 saturated carbocycles. The Bertz CT molecular complexity index is 1180. The van der Waals surface area contributed by atoms with Crippen LogP contribution in [0.15, 0.2) is 41.3 Å². The number of alkyl halides is 9. The average molecular weight is 601 g/mol. The lowest BCUT2D eigenvalue weighted by atomic mass is 10.1. The minimum Gasteiger partial charge on any atom is -0.743 e. The van der Waals surface area contributed by atoms with Gasteiger partial charge in [-0.25, -0.2) is 8.42 Å². The first-order chi connectivity index (χ1) is 17.4. The maximum atomic E-state index is 12.2. The lowest BCUT2D eigenvalue weighted by Crippen LogP contribution is -2.63. The van der Waals surface area contributed by atoms with Gasteiger partial charge in [0.15, 0.2) is 15.0 Å². The van der Waals surface area contributed by atoms with E-state index in [1.165, 1.54) is 48.0 Å². The zero-order valence-corrected chi connectivity index (χ0v) is 21.6. The van der Waals surface area contributed by atoms with Gasteiger partial charge >= 0.3 is 23.3 Å². The summed E-state index contributed by atoms with van der Waals surface area (Å²) >= 11 is 0. The summed E-state index contributed by atoms with van der Waals surface area (Å²) < 4.78 is 141. The molecule has 1 fully saturated rings. The van der Waals surface area contributed by atoms with Crippen LogP contribution >= 0.6 is 0 Å². The number of halogens is 9. The van der Waals surface area contributed by atoms with Crippen molar-refractivity contribution in [2.24, 2.45) is 0 Å². The predicted octanol–water partition coefficient (Wildman–Crippen LogP) is 7.14. The first kappa shape index (κ1) is 32.3. The van der Waals surface area contributed by atoms with Gasteiger partial charge in [0.05, 0.1) is 6.61 Å². The van der Waals surface area contributed by atoms with Crippen molar-refractivity contribution in [3.8, 4) is 5.75 Å². The van der Waals surface area contributed by atoms with Crippen LogP contribution in [0.2, 0.25) is 0 Å². The second kappa shape index (κ2) is 12.1. The van der Waals surface area contributed by atoms with E-state index in [1.54, 1.807) is 4.90 Å². The molecule has 1 heterocycles. The van der Waals surface area contributed by atoms with Crippen LogP contribution in [0.5, 0.6) is 5.75 Å². The summed E-state index contributed by atoms with van der Waals surface area (Å²) in [5, 5.41) is -4.46. The molecule has 0 bridgehead atoms. The third-order valence-corrected chi connectivity index (χ3v) is 8.96. The SMILES string of the molecule is CCCCCOc1ccc2cc([S+]3CCCC3)ccc2c1.O=S(=O)([O-])C(F)(F)C(F)(F)C(F)(F)C(F)(F)F. The summed E-state index contributed by atoms with van der Waals surface area (Å²) in [5.41, 5.74) is 0. The van der Waals surface area contributed by atoms with Crippen molar-refractivity contribution >= 4 is 31.8 Å². The number of unbranched alkanes of at least 4 members (excludes halogenated alkanes) is 2. The summed E-state index contributed by atoms with van der Waals surface area (Å²) in [7, 11) is -6.91. The Balaban J connectivity index is 0.000000275. The lowest BCUT2D eigenvalue weighted by molar-refractivity contribution is -0.382. The van der Waals surface area contributed by atoms with Gasteiger partial charge in [-0.05, 0) is 54.3 Å². The highest BCUT2D eigenvalue weighted by molar-refractivity contribution is 7.97. The second-order valence-electron chi connectivity index (χ2n) is 8.45. The van der Waals surface area contributed by atoms with Gasteiger partial charge in [0, 0.05) is 17.0 Å². The Morgan fingerprint density at radius 1 is 0.842 bits per heavy atom. The normalized spacial score (nSPS) is 15.9. The highest BCUT2D eigenvalue weighted by Crippen LogP contribution is 2.54. The predicted molar refractivity (Wildman–Crippen MR) is 124 cm³/mol. The Hall–Kier alpha value is -1.87. The van der Waals surface area contributed by atoms with Crippen LogP contribution in [-0.2, 0) is 21.0 Å². The monoisotopic (exact) mass is 600 g/mol. The Labute approximate surface area is 216 Å². The van der Waals surface area contributed by atoms with E-state index in [-0.39, 0.29) is 0 Å². The maximum absolute atomic E-state index is 12.2. The topological polar surface area (TPSA) is 66.4 Å². The van der Waals surface area contributed by atoms with E-state index in [4.69, 9.17) is 4.74 Å².